The van der Waals surface area contributed by atoms with Crippen LogP contribution in [0.25, 0.3) is 0 Å². The number of hydrogen-bond donors (Lipinski definition) is 1. The normalized spacial score (nSPS) is 14.8. The Kier molecular flexibility index (Phi) is 3.54. The lowest BCUT2D eigenvalue weighted by Crippen LogP contribution is -2.22. The van der Waals surface area contributed by atoms with Gasteiger partial charge in [0, 0.05) is 0 Å². The molecule has 0 aromatic heterocycles. The summed E-state index contributed by atoms with van der Waals surface area (Å²) >= 11 is 0. The number of hydrogen-bond acceptors (Lipinski definition) is 4. The van der Waals surface area contributed by atoms with Crippen LogP contribution in [0.5, 0.6) is 11.5 Å². The first-order valence-electron chi connectivity index (χ1n) is 5.85. The standard InChI is InChI=1S/C13H19NO3/c1-13(2,5-6-17-14)10-3-4-11-12(9-10)16-8-7-15-11/h3-4,9H,5-8,14H2,1-2H3. The van der Waals surface area contributed by atoms with E-state index in [1.165, 1.54) is 5.56 Å². The molecule has 2 N–H and O–H groups in total. The van der Waals surface area contributed by atoms with Crippen LogP contribution in [0.2, 0.25) is 0 Å². The van der Waals surface area contributed by atoms with Crippen molar-refractivity contribution in [1.29, 1.82) is 0 Å². The van der Waals surface area contributed by atoms with Gasteiger partial charge in [-0.3, -0.25) is 0 Å². The Morgan fingerprint density at radius 2 is 1.94 bits per heavy atom. The molecule has 1 aromatic rings. The number of ether oxygens (including phenoxy) is 2. The van der Waals surface area contributed by atoms with Crippen LogP contribution in [0, 0.1) is 0 Å². The lowest BCUT2D eigenvalue weighted by Gasteiger charge is -2.27. The zero-order valence-corrected chi connectivity index (χ0v) is 10.4. The Morgan fingerprint density at radius 1 is 1.24 bits per heavy atom. The second-order valence-corrected chi connectivity index (χ2v) is 4.86. The number of fused-ring (bicyclic) bond motifs is 1. The Labute approximate surface area is 102 Å². The molecule has 2 rings (SSSR count). The highest BCUT2D eigenvalue weighted by Gasteiger charge is 2.23. The molecule has 0 unspecified atom stereocenters. The third kappa shape index (κ3) is 2.70. The fourth-order valence-electron chi connectivity index (χ4n) is 1.92. The molecule has 0 saturated carbocycles. The topological polar surface area (TPSA) is 53.7 Å². The number of benzene rings is 1. The molecule has 0 fully saturated rings. The minimum Gasteiger partial charge on any atom is -0.486 e. The molecule has 1 heterocycles. The van der Waals surface area contributed by atoms with E-state index in [4.69, 9.17) is 15.4 Å². The molecule has 0 bridgehead atoms. The van der Waals surface area contributed by atoms with Crippen molar-refractivity contribution < 1.29 is 14.3 Å². The van der Waals surface area contributed by atoms with Crippen LogP contribution < -0.4 is 15.4 Å². The van der Waals surface area contributed by atoms with Crippen molar-refractivity contribution in [1.82, 2.24) is 0 Å². The van der Waals surface area contributed by atoms with Crippen LogP contribution in [0.3, 0.4) is 0 Å². The van der Waals surface area contributed by atoms with E-state index >= 15 is 0 Å². The minimum atomic E-state index is 0.00913. The summed E-state index contributed by atoms with van der Waals surface area (Å²) < 4.78 is 11.1. The van der Waals surface area contributed by atoms with Gasteiger partial charge in [-0.2, -0.15) is 0 Å². The van der Waals surface area contributed by atoms with E-state index in [1.807, 2.05) is 12.1 Å². The summed E-state index contributed by atoms with van der Waals surface area (Å²) in [6.07, 6.45) is 0.864. The maximum atomic E-state index is 5.58. The van der Waals surface area contributed by atoms with E-state index in [-0.39, 0.29) is 5.41 Å². The second kappa shape index (κ2) is 4.94. The quantitative estimate of drug-likeness (QED) is 0.814. The summed E-state index contributed by atoms with van der Waals surface area (Å²) in [6.45, 7) is 6.11. The second-order valence-electron chi connectivity index (χ2n) is 4.86. The highest BCUT2D eigenvalue weighted by Crippen LogP contribution is 2.36. The number of nitrogens with two attached hydrogens (primary N) is 1. The highest BCUT2D eigenvalue weighted by molar-refractivity contribution is 5.45. The fourth-order valence-corrected chi connectivity index (χ4v) is 1.92. The molecule has 1 aliphatic heterocycles. The molecule has 0 aliphatic carbocycles. The van der Waals surface area contributed by atoms with Crippen molar-refractivity contribution in [2.75, 3.05) is 19.8 Å². The maximum absolute atomic E-state index is 5.58. The molecule has 17 heavy (non-hydrogen) atoms. The highest BCUT2D eigenvalue weighted by atomic mass is 16.6. The predicted molar refractivity (Wildman–Crippen MR) is 65.2 cm³/mol. The molecule has 94 valence electrons. The van der Waals surface area contributed by atoms with Gasteiger partial charge in [0.25, 0.3) is 0 Å². The lowest BCUT2D eigenvalue weighted by atomic mass is 9.82. The van der Waals surface area contributed by atoms with Crippen molar-refractivity contribution >= 4 is 0 Å². The summed E-state index contributed by atoms with van der Waals surface area (Å²) in [5.74, 6) is 6.73. The summed E-state index contributed by atoms with van der Waals surface area (Å²) in [6, 6.07) is 6.09. The molecule has 4 nitrogen and oxygen atoms in total. The summed E-state index contributed by atoms with van der Waals surface area (Å²) in [4.78, 5) is 4.66. The molecule has 0 atom stereocenters. The fraction of sp³-hybridized carbons (Fsp3) is 0.538. The zero-order valence-electron chi connectivity index (χ0n) is 10.4. The van der Waals surface area contributed by atoms with Crippen LogP contribution in [0.1, 0.15) is 25.8 Å². The van der Waals surface area contributed by atoms with E-state index in [0.717, 1.165) is 17.9 Å². The summed E-state index contributed by atoms with van der Waals surface area (Å²) in [5, 5.41) is 0. The van der Waals surface area contributed by atoms with Crippen LogP contribution >= 0.6 is 0 Å². The Balaban J connectivity index is 2.20. The summed E-state index contributed by atoms with van der Waals surface area (Å²) in [5.41, 5.74) is 1.22. The van der Waals surface area contributed by atoms with Gasteiger partial charge in [0.05, 0.1) is 6.61 Å². The Bertz CT molecular complexity index is 390. The molecule has 1 aromatic carbocycles. The van der Waals surface area contributed by atoms with Crippen molar-refractivity contribution in [3.05, 3.63) is 23.8 Å². The number of rotatable bonds is 4. The third-order valence-electron chi connectivity index (χ3n) is 3.17. The molecule has 0 spiro atoms. The maximum Gasteiger partial charge on any atom is 0.161 e. The van der Waals surface area contributed by atoms with Gasteiger partial charge in [-0.1, -0.05) is 19.9 Å². The first kappa shape index (κ1) is 12.2. The van der Waals surface area contributed by atoms with Crippen LogP contribution in [-0.2, 0) is 10.3 Å². The first-order chi connectivity index (χ1) is 8.13. The van der Waals surface area contributed by atoms with Crippen LogP contribution in [0.4, 0.5) is 0 Å². The van der Waals surface area contributed by atoms with E-state index in [0.29, 0.717) is 19.8 Å². The molecule has 0 amide bonds. The van der Waals surface area contributed by atoms with Gasteiger partial charge in [-0.15, -0.1) is 0 Å². The van der Waals surface area contributed by atoms with Gasteiger partial charge in [-0.05, 0) is 29.5 Å². The van der Waals surface area contributed by atoms with E-state index in [1.54, 1.807) is 0 Å². The monoisotopic (exact) mass is 237 g/mol. The Hall–Kier alpha value is -1.26. The largest absolute Gasteiger partial charge is 0.486 e. The SMILES string of the molecule is CC(C)(CCON)c1ccc2c(c1)OCCO2. The Morgan fingerprint density at radius 3 is 2.65 bits per heavy atom. The third-order valence-corrected chi connectivity index (χ3v) is 3.17. The molecule has 4 heteroatoms. The van der Waals surface area contributed by atoms with E-state index in [2.05, 4.69) is 24.8 Å². The molecular formula is C13H19NO3. The molecular weight excluding hydrogens is 218 g/mol. The average molecular weight is 237 g/mol. The van der Waals surface area contributed by atoms with E-state index in [9.17, 15) is 0 Å². The molecule has 0 saturated heterocycles. The predicted octanol–water partition coefficient (Wildman–Crippen LogP) is 2.02. The van der Waals surface area contributed by atoms with Gasteiger partial charge >= 0.3 is 0 Å². The van der Waals surface area contributed by atoms with Crippen molar-refractivity contribution in [2.45, 2.75) is 25.7 Å². The average Bonchev–Trinajstić information content (AvgIpc) is 2.36. The van der Waals surface area contributed by atoms with Crippen molar-refractivity contribution in [3.8, 4) is 11.5 Å². The lowest BCUT2D eigenvalue weighted by molar-refractivity contribution is 0.120. The first-order valence-corrected chi connectivity index (χ1v) is 5.85. The minimum absolute atomic E-state index is 0.00913. The van der Waals surface area contributed by atoms with E-state index < -0.39 is 0 Å². The van der Waals surface area contributed by atoms with Gasteiger partial charge in [0.15, 0.2) is 11.5 Å². The van der Waals surface area contributed by atoms with Gasteiger partial charge in [0.2, 0.25) is 0 Å². The van der Waals surface area contributed by atoms with Crippen LogP contribution in [0.15, 0.2) is 18.2 Å². The van der Waals surface area contributed by atoms with Crippen molar-refractivity contribution in [3.63, 3.8) is 0 Å². The smallest absolute Gasteiger partial charge is 0.161 e. The van der Waals surface area contributed by atoms with Crippen LogP contribution in [-0.4, -0.2) is 19.8 Å². The molecule has 0 radical (unpaired) electrons. The van der Waals surface area contributed by atoms with Gasteiger partial charge in [-0.25, -0.2) is 5.90 Å². The van der Waals surface area contributed by atoms with Crippen molar-refractivity contribution in [2.24, 2.45) is 5.90 Å². The molecule has 1 aliphatic rings. The zero-order chi connectivity index (χ0) is 12.3. The van der Waals surface area contributed by atoms with Gasteiger partial charge in [0.1, 0.15) is 13.2 Å². The van der Waals surface area contributed by atoms with Gasteiger partial charge < -0.3 is 14.3 Å². The summed E-state index contributed by atoms with van der Waals surface area (Å²) in [7, 11) is 0.